The second-order valence-electron chi connectivity index (χ2n) is 4.26. The number of hydrogen-bond acceptors (Lipinski definition) is 4. The van der Waals surface area contributed by atoms with Gasteiger partial charge in [0.2, 0.25) is 10.0 Å². The third kappa shape index (κ3) is 4.73. The first-order chi connectivity index (χ1) is 9.78. The fourth-order valence-electron chi connectivity index (χ4n) is 1.35. The molecule has 8 heteroatoms. The van der Waals surface area contributed by atoms with Crippen LogP contribution in [0.2, 0.25) is 5.02 Å². The van der Waals surface area contributed by atoms with E-state index in [9.17, 15) is 13.2 Å². The van der Waals surface area contributed by atoms with Gasteiger partial charge < -0.3 is 10.1 Å². The number of ether oxygens (including phenoxy) is 1. The van der Waals surface area contributed by atoms with Gasteiger partial charge in [0.25, 0.3) is 5.91 Å². The molecule has 1 rings (SSSR count). The van der Waals surface area contributed by atoms with Crippen molar-refractivity contribution in [1.29, 1.82) is 0 Å². The SMILES string of the molecule is C=CCNC(=O)COc1ccc(S(=O)(=O)N(C)C)cc1Cl. The van der Waals surface area contributed by atoms with Gasteiger partial charge in [0.15, 0.2) is 6.61 Å². The number of benzene rings is 1. The third-order valence-electron chi connectivity index (χ3n) is 2.48. The zero-order valence-electron chi connectivity index (χ0n) is 11.8. The quantitative estimate of drug-likeness (QED) is 0.763. The lowest BCUT2D eigenvalue weighted by atomic mass is 10.3. The van der Waals surface area contributed by atoms with Gasteiger partial charge in [-0.05, 0) is 18.2 Å². The topological polar surface area (TPSA) is 75.7 Å². The van der Waals surface area contributed by atoms with Crippen LogP contribution in [0.4, 0.5) is 0 Å². The number of carbonyl (C=O) groups excluding carboxylic acids is 1. The number of halogens is 1. The minimum absolute atomic E-state index is 0.0564. The predicted molar refractivity (Wildman–Crippen MR) is 81.0 cm³/mol. The highest BCUT2D eigenvalue weighted by atomic mass is 35.5. The Balaban J connectivity index is 2.80. The fourth-order valence-corrected chi connectivity index (χ4v) is 2.58. The van der Waals surface area contributed by atoms with Crippen LogP contribution >= 0.6 is 11.6 Å². The predicted octanol–water partition coefficient (Wildman–Crippen LogP) is 1.27. The van der Waals surface area contributed by atoms with Crippen molar-refractivity contribution in [2.75, 3.05) is 27.2 Å². The van der Waals surface area contributed by atoms with Gasteiger partial charge in [-0.3, -0.25) is 4.79 Å². The summed E-state index contributed by atoms with van der Waals surface area (Å²) in [4.78, 5) is 11.4. The van der Waals surface area contributed by atoms with E-state index in [1.54, 1.807) is 6.08 Å². The van der Waals surface area contributed by atoms with Crippen molar-refractivity contribution < 1.29 is 17.9 Å². The maximum Gasteiger partial charge on any atom is 0.258 e. The van der Waals surface area contributed by atoms with Crippen molar-refractivity contribution in [2.45, 2.75) is 4.90 Å². The molecule has 1 N–H and O–H groups in total. The third-order valence-corrected chi connectivity index (χ3v) is 4.59. The molecule has 0 aromatic heterocycles. The summed E-state index contributed by atoms with van der Waals surface area (Å²) in [5, 5.41) is 2.66. The number of sulfonamides is 1. The molecule has 0 bridgehead atoms. The summed E-state index contributed by atoms with van der Waals surface area (Å²) in [7, 11) is -0.700. The van der Waals surface area contributed by atoms with Crippen LogP contribution in [0.3, 0.4) is 0 Å². The Morgan fingerprint density at radius 2 is 2.14 bits per heavy atom. The van der Waals surface area contributed by atoms with Gasteiger partial charge in [0.1, 0.15) is 5.75 Å². The highest BCUT2D eigenvalue weighted by Crippen LogP contribution is 2.28. The number of amides is 1. The Hall–Kier alpha value is -1.57. The molecule has 0 atom stereocenters. The summed E-state index contributed by atoms with van der Waals surface area (Å²) >= 11 is 5.97. The smallest absolute Gasteiger partial charge is 0.258 e. The van der Waals surface area contributed by atoms with Gasteiger partial charge in [0, 0.05) is 20.6 Å². The summed E-state index contributed by atoms with van der Waals surface area (Å²) in [6.45, 7) is 3.60. The van der Waals surface area contributed by atoms with E-state index in [1.165, 1.54) is 32.3 Å². The second kappa shape index (κ2) is 7.44. The van der Waals surface area contributed by atoms with Gasteiger partial charge in [-0.25, -0.2) is 12.7 Å². The maximum atomic E-state index is 11.9. The Kier molecular flexibility index (Phi) is 6.19. The van der Waals surface area contributed by atoms with Gasteiger partial charge in [0.05, 0.1) is 9.92 Å². The number of rotatable bonds is 7. The van der Waals surface area contributed by atoms with Crippen LogP contribution in [0, 0.1) is 0 Å². The summed E-state index contributed by atoms with van der Waals surface area (Å²) < 4.78 is 30.2. The van der Waals surface area contributed by atoms with Gasteiger partial charge in [-0.2, -0.15) is 0 Å². The summed E-state index contributed by atoms with van der Waals surface area (Å²) in [6, 6.07) is 4.07. The van der Waals surface area contributed by atoms with Crippen molar-refractivity contribution in [2.24, 2.45) is 0 Å². The Morgan fingerprint density at radius 1 is 1.48 bits per heavy atom. The van der Waals surface area contributed by atoms with E-state index in [1.807, 2.05) is 0 Å². The molecule has 0 aliphatic heterocycles. The molecular formula is C13H17ClN2O4S. The van der Waals surface area contributed by atoms with Crippen molar-refractivity contribution in [3.8, 4) is 5.75 Å². The van der Waals surface area contributed by atoms with Crippen molar-refractivity contribution in [1.82, 2.24) is 9.62 Å². The first-order valence-electron chi connectivity index (χ1n) is 6.01. The number of hydrogen-bond donors (Lipinski definition) is 1. The first kappa shape index (κ1) is 17.5. The van der Waals surface area contributed by atoms with E-state index < -0.39 is 10.0 Å². The number of nitrogens with zero attached hydrogens (tertiary/aromatic N) is 1. The van der Waals surface area contributed by atoms with E-state index in [4.69, 9.17) is 16.3 Å². The molecule has 0 radical (unpaired) electrons. The molecule has 0 unspecified atom stereocenters. The van der Waals surface area contributed by atoms with Crippen LogP contribution in [0.1, 0.15) is 0 Å². The van der Waals surface area contributed by atoms with Gasteiger partial charge in [-0.15, -0.1) is 6.58 Å². The van der Waals surface area contributed by atoms with Crippen molar-refractivity contribution in [3.63, 3.8) is 0 Å². The second-order valence-corrected chi connectivity index (χ2v) is 6.82. The van der Waals surface area contributed by atoms with Crippen molar-refractivity contribution in [3.05, 3.63) is 35.9 Å². The molecule has 1 aromatic carbocycles. The van der Waals surface area contributed by atoms with Gasteiger partial charge >= 0.3 is 0 Å². The van der Waals surface area contributed by atoms with Crippen LogP contribution in [0.15, 0.2) is 35.7 Å². The lowest BCUT2D eigenvalue weighted by Crippen LogP contribution is -2.28. The molecule has 21 heavy (non-hydrogen) atoms. The molecule has 0 aliphatic rings. The zero-order valence-corrected chi connectivity index (χ0v) is 13.4. The van der Waals surface area contributed by atoms with Crippen LogP contribution < -0.4 is 10.1 Å². The van der Waals surface area contributed by atoms with E-state index >= 15 is 0 Å². The molecule has 0 heterocycles. The standard InChI is InChI=1S/C13H17ClN2O4S/c1-4-7-15-13(17)9-20-12-6-5-10(8-11(12)14)21(18,19)16(2)3/h4-6,8H,1,7,9H2,2-3H3,(H,15,17). The van der Waals surface area contributed by atoms with Gasteiger partial charge in [-0.1, -0.05) is 17.7 Å². The molecule has 0 saturated heterocycles. The minimum Gasteiger partial charge on any atom is -0.482 e. The molecule has 0 saturated carbocycles. The Labute approximate surface area is 129 Å². The Morgan fingerprint density at radius 3 is 2.67 bits per heavy atom. The largest absolute Gasteiger partial charge is 0.482 e. The monoisotopic (exact) mass is 332 g/mol. The fraction of sp³-hybridized carbons (Fsp3) is 0.308. The number of nitrogens with one attached hydrogen (secondary N) is 1. The normalized spacial score (nSPS) is 11.2. The average molecular weight is 333 g/mol. The maximum absolute atomic E-state index is 11.9. The molecule has 6 nitrogen and oxygen atoms in total. The molecule has 1 amide bonds. The lowest BCUT2D eigenvalue weighted by molar-refractivity contribution is -0.122. The highest BCUT2D eigenvalue weighted by molar-refractivity contribution is 7.89. The molecular weight excluding hydrogens is 316 g/mol. The number of carbonyl (C=O) groups is 1. The summed E-state index contributed by atoms with van der Waals surface area (Å²) in [5.41, 5.74) is 0. The summed E-state index contributed by atoms with van der Waals surface area (Å²) in [5.74, 6) is -0.0842. The Bertz CT molecular complexity index is 629. The van der Waals surface area contributed by atoms with E-state index in [0.29, 0.717) is 6.54 Å². The minimum atomic E-state index is -3.56. The van der Waals surface area contributed by atoms with Crippen LogP contribution in [0.5, 0.6) is 5.75 Å². The van der Waals surface area contributed by atoms with Crippen LogP contribution in [-0.2, 0) is 14.8 Å². The molecule has 0 fully saturated rings. The van der Waals surface area contributed by atoms with E-state index in [2.05, 4.69) is 11.9 Å². The van der Waals surface area contributed by atoms with Crippen molar-refractivity contribution >= 4 is 27.5 Å². The highest BCUT2D eigenvalue weighted by Gasteiger charge is 2.18. The molecule has 116 valence electrons. The van der Waals surface area contributed by atoms with E-state index in [-0.39, 0.29) is 28.2 Å². The molecule has 0 spiro atoms. The van der Waals surface area contributed by atoms with E-state index in [0.717, 1.165) is 4.31 Å². The molecule has 1 aromatic rings. The average Bonchev–Trinajstić information content (AvgIpc) is 2.43. The van der Waals surface area contributed by atoms with Crippen LogP contribution in [0.25, 0.3) is 0 Å². The first-order valence-corrected chi connectivity index (χ1v) is 7.83. The molecule has 0 aliphatic carbocycles. The zero-order chi connectivity index (χ0) is 16.0. The lowest BCUT2D eigenvalue weighted by Gasteiger charge is -2.13. The van der Waals surface area contributed by atoms with Crippen LogP contribution in [-0.4, -0.2) is 45.9 Å². The summed E-state index contributed by atoms with van der Waals surface area (Å²) in [6.07, 6.45) is 1.55.